The molecular formula is C19H20N2O3. The van der Waals surface area contributed by atoms with Crippen LogP contribution in [0.4, 0.5) is 5.69 Å². The molecule has 1 saturated heterocycles. The Labute approximate surface area is 140 Å². The molecule has 1 heterocycles. The quantitative estimate of drug-likeness (QED) is 0.853. The molecule has 1 aliphatic rings. The number of phenols is 1. The largest absolute Gasteiger partial charge is 0.506 e. The molecule has 0 aromatic heterocycles. The molecule has 2 atom stereocenters. The highest BCUT2D eigenvalue weighted by molar-refractivity contribution is 5.95. The van der Waals surface area contributed by atoms with Crippen molar-refractivity contribution in [3.05, 3.63) is 60.2 Å². The summed E-state index contributed by atoms with van der Waals surface area (Å²) in [5.41, 5.74) is 1.32. The van der Waals surface area contributed by atoms with Crippen molar-refractivity contribution < 1.29 is 14.7 Å². The van der Waals surface area contributed by atoms with Gasteiger partial charge in [-0.3, -0.25) is 9.59 Å². The average Bonchev–Trinajstić information content (AvgIpc) is 2.60. The molecule has 2 aromatic carbocycles. The van der Waals surface area contributed by atoms with E-state index in [2.05, 4.69) is 5.32 Å². The number of carbonyl (C=O) groups is 2. The summed E-state index contributed by atoms with van der Waals surface area (Å²) in [5.74, 6) is -0.489. The van der Waals surface area contributed by atoms with Crippen LogP contribution in [-0.4, -0.2) is 28.9 Å². The highest BCUT2D eigenvalue weighted by Gasteiger charge is 2.38. The molecule has 5 nitrogen and oxygen atoms in total. The summed E-state index contributed by atoms with van der Waals surface area (Å²) >= 11 is 0. The second kappa shape index (κ2) is 6.74. The van der Waals surface area contributed by atoms with Crippen molar-refractivity contribution in [1.82, 2.24) is 4.90 Å². The number of nitrogens with one attached hydrogen (secondary N) is 1. The molecule has 2 N–H and O–H groups in total. The maximum atomic E-state index is 12.8. The van der Waals surface area contributed by atoms with Gasteiger partial charge in [-0.1, -0.05) is 42.5 Å². The second-order valence-corrected chi connectivity index (χ2v) is 6.01. The van der Waals surface area contributed by atoms with Crippen LogP contribution in [0.3, 0.4) is 0 Å². The Kier molecular flexibility index (Phi) is 4.51. The number of carbonyl (C=O) groups excluding carboxylic acids is 2. The second-order valence-electron chi connectivity index (χ2n) is 6.01. The van der Waals surface area contributed by atoms with E-state index in [9.17, 15) is 14.7 Å². The Morgan fingerprint density at radius 3 is 2.50 bits per heavy atom. The lowest BCUT2D eigenvalue weighted by molar-refractivity contribution is -0.140. The first-order chi connectivity index (χ1) is 11.6. The van der Waals surface area contributed by atoms with Crippen LogP contribution >= 0.6 is 0 Å². The highest BCUT2D eigenvalue weighted by Crippen LogP contribution is 2.36. The molecule has 2 amide bonds. The SMILES string of the molecule is CN1C(=O)CC[C@@H](C(=O)Nc2ccccc2O)[C@@H]1c1ccccc1. The number of piperidine rings is 1. The average molecular weight is 324 g/mol. The van der Waals surface area contributed by atoms with Crippen molar-refractivity contribution in [3.8, 4) is 5.75 Å². The highest BCUT2D eigenvalue weighted by atomic mass is 16.3. The fourth-order valence-corrected chi connectivity index (χ4v) is 3.22. The van der Waals surface area contributed by atoms with Crippen LogP contribution in [-0.2, 0) is 9.59 Å². The molecule has 1 aliphatic heterocycles. The van der Waals surface area contributed by atoms with E-state index in [1.807, 2.05) is 30.3 Å². The van der Waals surface area contributed by atoms with E-state index in [0.717, 1.165) is 5.56 Å². The third-order valence-corrected chi connectivity index (χ3v) is 4.50. The van der Waals surface area contributed by atoms with Crippen molar-refractivity contribution in [3.63, 3.8) is 0 Å². The normalized spacial score (nSPS) is 20.7. The third-order valence-electron chi connectivity index (χ3n) is 4.50. The number of para-hydroxylation sites is 2. The van der Waals surface area contributed by atoms with Crippen LogP contribution in [0.1, 0.15) is 24.4 Å². The number of rotatable bonds is 3. The van der Waals surface area contributed by atoms with E-state index in [1.54, 1.807) is 30.1 Å². The molecule has 0 radical (unpaired) electrons. The number of benzene rings is 2. The number of hydrogen-bond donors (Lipinski definition) is 2. The Morgan fingerprint density at radius 1 is 1.12 bits per heavy atom. The molecule has 24 heavy (non-hydrogen) atoms. The zero-order valence-corrected chi connectivity index (χ0v) is 13.5. The van der Waals surface area contributed by atoms with Gasteiger partial charge in [0.1, 0.15) is 5.75 Å². The minimum absolute atomic E-state index is 0.0300. The maximum Gasteiger partial charge on any atom is 0.230 e. The van der Waals surface area contributed by atoms with Gasteiger partial charge >= 0.3 is 0 Å². The molecule has 0 saturated carbocycles. The minimum atomic E-state index is -0.366. The molecule has 3 rings (SSSR count). The molecule has 0 unspecified atom stereocenters. The predicted molar refractivity (Wildman–Crippen MR) is 91.4 cm³/mol. The Balaban J connectivity index is 1.88. The fraction of sp³-hybridized carbons (Fsp3) is 0.263. The molecule has 124 valence electrons. The predicted octanol–water partition coefficient (Wildman–Crippen LogP) is 2.94. The summed E-state index contributed by atoms with van der Waals surface area (Å²) in [4.78, 5) is 26.6. The summed E-state index contributed by atoms with van der Waals surface area (Å²) in [6.07, 6.45) is 0.834. The van der Waals surface area contributed by atoms with E-state index in [4.69, 9.17) is 0 Å². The van der Waals surface area contributed by atoms with Crippen molar-refractivity contribution >= 4 is 17.5 Å². The standard InChI is InChI=1S/C19H20N2O3/c1-21-17(23)12-11-14(18(21)13-7-3-2-4-8-13)19(24)20-15-9-5-6-10-16(15)22/h2-10,14,18,22H,11-12H2,1H3,(H,20,24)/t14-,18+/m1/s1. The van der Waals surface area contributed by atoms with E-state index in [0.29, 0.717) is 18.5 Å². The molecule has 1 fully saturated rings. The van der Waals surface area contributed by atoms with E-state index in [-0.39, 0.29) is 29.5 Å². The van der Waals surface area contributed by atoms with Crippen LogP contribution in [0.15, 0.2) is 54.6 Å². The summed E-state index contributed by atoms with van der Waals surface area (Å²) in [6.45, 7) is 0. The van der Waals surface area contributed by atoms with Crippen LogP contribution < -0.4 is 5.32 Å². The minimum Gasteiger partial charge on any atom is -0.506 e. The van der Waals surface area contributed by atoms with E-state index < -0.39 is 0 Å². The molecule has 5 heteroatoms. The number of amides is 2. The third kappa shape index (κ3) is 3.11. The lowest BCUT2D eigenvalue weighted by Gasteiger charge is -2.38. The zero-order chi connectivity index (χ0) is 17.1. The van der Waals surface area contributed by atoms with Gasteiger partial charge in [-0.15, -0.1) is 0 Å². The fourth-order valence-electron chi connectivity index (χ4n) is 3.22. The molecular weight excluding hydrogens is 304 g/mol. The van der Waals surface area contributed by atoms with Gasteiger partial charge in [0.2, 0.25) is 11.8 Å². The molecule has 0 aliphatic carbocycles. The van der Waals surface area contributed by atoms with Gasteiger partial charge in [0, 0.05) is 13.5 Å². The topological polar surface area (TPSA) is 69.6 Å². The Hall–Kier alpha value is -2.82. The van der Waals surface area contributed by atoms with Gasteiger partial charge in [-0.05, 0) is 24.1 Å². The van der Waals surface area contributed by atoms with Crippen LogP contribution in [0.2, 0.25) is 0 Å². The van der Waals surface area contributed by atoms with Crippen LogP contribution in [0.25, 0.3) is 0 Å². The van der Waals surface area contributed by atoms with Gasteiger partial charge in [-0.2, -0.15) is 0 Å². The lowest BCUT2D eigenvalue weighted by Crippen LogP contribution is -2.44. The first-order valence-corrected chi connectivity index (χ1v) is 7.97. The lowest BCUT2D eigenvalue weighted by atomic mass is 9.84. The van der Waals surface area contributed by atoms with Crippen LogP contribution in [0, 0.1) is 5.92 Å². The first kappa shape index (κ1) is 16.1. The van der Waals surface area contributed by atoms with Crippen molar-refractivity contribution in [2.45, 2.75) is 18.9 Å². The summed E-state index contributed by atoms with van der Waals surface area (Å²) < 4.78 is 0. The van der Waals surface area contributed by atoms with Crippen molar-refractivity contribution in [2.75, 3.05) is 12.4 Å². The van der Waals surface area contributed by atoms with E-state index in [1.165, 1.54) is 6.07 Å². The smallest absolute Gasteiger partial charge is 0.230 e. The molecule has 2 aromatic rings. The Morgan fingerprint density at radius 2 is 1.79 bits per heavy atom. The number of anilines is 1. The number of nitrogens with zero attached hydrogens (tertiary/aromatic N) is 1. The van der Waals surface area contributed by atoms with Gasteiger partial charge in [0.05, 0.1) is 17.6 Å². The summed E-state index contributed by atoms with van der Waals surface area (Å²) in [5, 5.41) is 12.6. The summed E-state index contributed by atoms with van der Waals surface area (Å²) in [6, 6.07) is 15.9. The number of phenolic OH excluding ortho intramolecular Hbond substituents is 1. The number of hydrogen-bond acceptors (Lipinski definition) is 3. The first-order valence-electron chi connectivity index (χ1n) is 7.97. The van der Waals surface area contributed by atoms with Gasteiger partial charge in [0.25, 0.3) is 0 Å². The number of likely N-dealkylation sites (tertiary alicyclic amines) is 1. The van der Waals surface area contributed by atoms with Gasteiger partial charge in [0.15, 0.2) is 0 Å². The van der Waals surface area contributed by atoms with Crippen molar-refractivity contribution in [2.24, 2.45) is 5.92 Å². The summed E-state index contributed by atoms with van der Waals surface area (Å²) in [7, 11) is 1.74. The van der Waals surface area contributed by atoms with E-state index >= 15 is 0 Å². The molecule has 0 spiro atoms. The molecule has 0 bridgehead atoms. The van der Waals surface area contributed by atoms with Gasteiger partial charge in [-0.25, -0.2) is 0 Å². The van der Waals surface area contributed by atoms with Crippen molar-refractivity contribution in [1.29, 1.82) is 0 Å². The zero-order valence-electron chi connectivity index (χ0n) is 13.5. The monoisotopic (exact) mass is 324 g/mol. The maximum absolute atomic E-state index is 12.8. The van der Waals surface area contributed by atoms with Crippen LogP contribution in [0.5, 0.6) is 5.75 Å². The number of aromatic hydroxyl groups is 1. The van der Waals surface area contributed by atoms with Gasteiger partial charge < -0.3 is 15.3 Å². The Bertz CT molecular complexity index is 745.